The van der Waals surface area contributed by atoms with Crippen LogP contribution in [0, 0.1) is 0 Å². The summed E-state index contributed by atoms with van der Waals surface area (Å²) in [6.07, 6.45) is 0. The molecule has 0 aliphatic carbocycles. The maximum atomic E-state index is 12.6. The minimum Gasteiger partial charge on any atom is -0.493 e. The lowest BCUT2D eigenvalue weighted by molar-refractivity contribution is 0.0683. The Balaban J connectivity index is 1.37. The zero-order chi connectivity index (χ0) is 22.7. The number of hydrogen-bond donors (Lipinski definition) is 1. The molecule has 0 spiro atoms. The number of methoxy groups -OCH3 is 2. The van der Waals surface area contributed by atoms with Gasteiger partial charge in [-0.25, -0.2) is 0 Å². The molecule has 7 nitrogen and oxygen atoms in total. The van der Waals surface area contributed by atoms with Crippen molar-refractivity contribution in [2.24, 2.45) is 0 Å². The number of nitrogens with one attached hydrogen (secondary N) is 1. The molecule has 0 saturated carbocycles. The molecule has 162 valence electrons. The topological polar surface area (TPSA) is 84.9 Å². The minimum absolute atomic E-state index is 0.212. The number of nitrogens with zero attached hydrogens (tertiary/aromatic N) is 1. The average molecular weight is 449 g/mol. The Morgan fingerprint density at radius 1 is 0.875 bits per heavy atom. The second-order valence-electron chi connectivity index (χ2n) is 6.91. The van der Waals surface area contributed by atoms with Gasteiger partial charge in [0.2, 0.25) is 0 Å². The van der Waals surface area contributed by atoms with Crippen molar-refractivity contribution in [3.63, 3.8) is 0 Å². The summed E-state index contributed by atoms with van der Waals surface area (Å²) in [7, 11) is 3.05. The van der Waals surface area contributed by atoms with Crippen LogP contribution < -0.4 is 14.8 Å². The third kappa shape index (κ3) is 4.17. The first-order valence-electron chi connectivity index (χ1n) is 9.73. The van der Waals surface area contributed by atoms with Gasteiger partial charge in [-0.1, -0.05) is 12.1 Å². The van der Waals surface area contributed by atoms with E-state index in [-0.39, 0.29) is 23.6 Å². The molecule has 1 aliphatic rings. The molecular formula is C24H20N2O5S. The van der Waals surface area contributed by atoms with Gasteiger partial charge in [0.15, 0.2) is 11.5 Å². The number of hydrogen-bond acceptors (Lipinski definition) is 6. The van der Waals surface area contributed by atoms with Crippen LogP contribution >= 0.6 is 11.8 Å². The van der Waals surface area contributed by atoms with Gasteiger partial charge < -0.3 is 14.8 Å². The number of ether oxygens (including phenoxy) is 2. The fourth-order valence-electron chi connectivity index (χ4n) is 3.31. The highest BCUT2D eigenvalue weighted by molar-refractivity contribution is 7.99. The molecule has 3 amide bonds. The van der Waals surface area contributed by atoms with Gasteiger partial charge in [-0.2, -0.15) is 0 Å². The van der Waals surface area contributed by atoms with Gasteiger partial charge in [-0.3, -0.25) is 19.3 Å². The number of fused-ring (bicyclic) bond motifs is 1. The lowest BCUT2D eigenvalue weighted by Gasteiger charge is -2.13. The molecule has 3 aromatic carbocycles. The summed E-state index contributed by atoms with van der Waals surface area (Å²) in [4.78, 5) is 39.6. The summed E-state index contributed by atoms with van der Waals surface area (Å²) >= 11 is 1.37. The monoisotopic (exact) mass is 448 g/mol. The van der Waals surface area contributed by atoms with E-state index in [1.807, 2.05) is 12.1 Å². The number of rotatable bonds is 7. The van der Waals surface area contributed by atoms with Crippen LogP contribution in [0.4, 0.5) is 5.69 Å². The second-order valence-corrected chi connectivity index (χ2v) is 7.92. The number of imide groups is 1. The normalized spacial score (nSPS) is 12.5. The van der Waals surface area contributed by atoms with Crippen molar-refractivity contribution >= 4 is 35.2 Å². The largest absolute Gasteiger partial charge is 0.493 e. The Hall–Kier alpha value is -3.78. The summed E-state index contributed by atoms with van der Waals surface area (Å²) in [5.41, 5.74) is 1.93. The lowest BCUT2D eigenvalue weighted by atomic mass is 10.1. The highest BCUT2D eigenvalue weighted by Gasteiger charge is 2.34. The Kier molecular flexibility index (Phi) is 6.13. The first-order valence-corrected chi connectivity index (χ1v) is 10.7. The van der Waals surface area contributed by atoms with Gasteiger partial charge in [0.25, 0.3) is 17.7 Å². The van der Waals surface area contributed by atoms with Crippen molar-refractivity contribution < 1.29 is 23.9 Å². The first-order chi connectivity index (χ1) is 15.5. The predicted octanol–water partition coefficient (Wildman–Crippen LogP) is 4.30. The number of benzene rings is 3. The molecule has 0 atom stereocenters. The molecule has 3 aromatic rings. The smallest absolute Gasteiger partial charge is 0.262 e. The third-order valence-corrected chi connectivity index (χ3v) is 5.99. The van der Waals surface area contributed by atoms with Crippen molar-refractivity contribution in [2.75, 3.05) is 25.4 Å². The van der Waals surface area contributed by atoms with Crippen LogP contribution in [0.3, 0.4) is 0 Å². The van der Waals surface area contributed by atoms with Crippen LogP contribution in [0.15, 0.2) is 71.6 Å². The van der Waals surface area contributed by atoms with Gasteiger partial charge in [0, 0.05) is 16.1 Å². The molecule has 0 radical (unpaired) electrons. The zero-order valence-corrected chi connectivity index (χ0v) is 18.3. The van der Waals surface area contributed by atoms with E-state index < -0.39 is 0 Å². The Morgan fingerprint density at radius 3 is 2.09 bits per heavy atom. The molecule has 1 heterocycles. The van der Waals surface area contributed by atoms with E-state index in [9.17, 15) is 14.4 Å². The van der Waals surface area contributed by atoms with Crippen molar-refractivity contribution in [2.45, 2.75) is 4.90 Å². The number of thioether (sulfide) groups is 1. The van der Waals surface area contributed by atoms with Crippen molar-refractivity contribution in [1.29, 1.82) is 0 Å². The summed E-state index contributed by atoms with van der Waals surface area (Å²) < 4.78 is 10.4. The molecule has 1 aliphatic heterocycles. The van der Waals surface area contributed by atoms with Crippen molar-refractivity contribution in [1.82, 2.24) is 4.90 Å². The van der Waals surface area contributed by atoms with Crippen molar-refractivity contribution in [3.8, 4) is 11.5 Å². The average Bonchev–Trinajstić information content (AvgIpc) is 3.07. The van der Waals surface area contributed by atoms with Gasteiger partial charge in [-0.15, -0.1) is 11.8 Å². The lowest BCUT2D eigenvalue weighted by Crippen LogP contribution is -2.29. The Bertz CT molecular complexity index is 1160. The Morgan fingerprint density at radius 2 is 1.50 bits per heavy atom. The molecule has 0 fully saturated rings. The summed E-state index contributed by atoms with van der Waals surface area (Å²) in [6, 6.07) is 18.9. The van der Waals surface area contributed by atoms with E-state index in [0.29, 0.717) is 33.9 Å². The molecule has 32 heavy (non-hydrogen) atoms. The van der Waals surface area contributed by atoms with Crippen LogP contribution in [-0.2, 0) is 0 Å². The number of carbonyl (C=O) groups is 3. The van der Waals surface area contributed by atoms with E-state index in [4.69, 9.17) is 9.47 Å². The van der Waals surface area contributed by atoms with E-state index >= 15 is 0 Å². The van der Waals surface area contributed by atoms with Crippen LogP contribution in [0.25, 0.3) is 0 Å². The molecule has 0 bridgehead atoms. The van der Waals surface area contributed by atoms with Crippen LogP contribution in [0.1, 0.15) is 31.1 Å². The van der Waals surface area contributed by atoms with Gasteiger partial charge in [0.1, 0.15) is 0 Å². The third-order valence-electron chi connectivity index (χ3n) is 5.00. The summed E-state index contributed by atoms with van der Waals surface area (Å²) in [6.45, 7) is 0. The van der Waals surface area contributed by atoms with E-state index in [1.165, 1.54) is 30.9 Å². The number of amides is 3. The fraction of sp³-hybridized carbons (Fsp3) is 0.125. The molecule has 0 unspecified atom stereocenters. The number of anilines is 1. The molecule has 1 N–H and O–H groups in total. The standard InChI is InChI=1S/C24H20N2O5S/c1-30-20-12-7-15(13-21(20)31-2)22(27)25-16-8-10-17(11-9-16)32-14-26-23(28)18-5-3-4-6-19(18)24(26)29/h3-13H,14H2,1-2H3,(H,25,27). The molecule has 0 aromatic heterocycles. The SMILES string of the molecule is COc1ccc(C(=O)Nc2ccc(SCN3C(=O)c4ccccc4C3=O)cc2)cc1OC. The fourth-order valence-corrected chi connectivity index (χ4v) is 4.15. The maximum absolute atomic E-state index is 12.6. The van der Waals surface area contributed by atoms with Gasteiger partial charge >= 0.3 is 0 Å². The quantitative estimate of drug-likeness (QED) is 0.429. The highest BCUT2D eigenvalue weighted by Crippen LogP contribution is 2.29. The van der Waals surface area contributed by atoms with E-state index in [1.54, 1.807) is 54.6 Å². The predicted molar refractivity (Wildman–Crippen MR) is 122 cm³/mol. The first kappa shape index (κ1) is 21.5. The zero-order valence-electron chi connectivity index (χ0n) is 17.5. The van der Waals surface area contributed by atoms with Crippen LogP contribution in [-0.4, -0.2) is 42.7 Å². The van der Waals surface area contributed by atoms with E-state index in [2.05, 4.69) is 5.32 Å². The highest BCUT2D eigenvalue weighted by atomic mass is 32.2. The van der Waals surface area contributed by atoms with E-state index in [0.717, 1.165) is 4.90 Å². The minimum atomic E-state index is -0.281. The Labute approximate surface area is 189 Å². The molecule has 0 saturated heterocycles. The van der Waals surface area contributed by atoms with Crippen molar-refractivity contribution in [3.05, 3.63) is 83.4 Å². The van der Waals surface area contributed by atoms with Gasteiger partial charge in [0.05, 0.1) is 31.2 Å². The second kappa shape index (κ2) is 9.15. The van der Waals surface area contributed by atoms with Gasteiger partial charge in [-0.05, 0) is 54.6 Å². The maximum Gasteiger partial charge on any atom is 0.262 e. The molecular weight excluding hydrogens is 428 g/mol. The summed E-state index contributed by atoms with van der Waals surface area (Å²) in [5, 5.41) is 2.83. The van der Waals surface area contributed by atoms with Crippen LogP contribution in [0.2, 0.25) is 0 Å². The molecule has 8 heteroatoms. The van der Waals surface area contributed by atoms with Crippen LogP contribution in [0.5, 0.6) is 11.5 Å². The molecule has 4 rings (SSSR count). The summed E-state index contributed by atoms with van der Waals surface area (Å²) in [5.74, 6) is 0.388. The number of carbonyl (C=O) groups excluding carboxylic acids is 3.